The van der Waals surface area contributed by atoms with Gasteiger partial charge in [0.2, 0.25) is 5.88 Å². The third kappa shape index (κ3) is 3.77. The van der Waals surface area contributed by atoms with Gasteiger partial charge in [0.25, 0.3) is 5.91 Å². The number of amides is 1. The first kappa shape index (κ1) is 18.1. The number of nitrogens with one attached hydrogen (secondary N) is 1. The quantitative estimate of drug-likeness (QED) is 0.565. The van der Waals surface area contributed by atoms with Gasteiger partial charge in [0, 0.05) is 22.1 Å². The lowest BCUT2D eigenvalue weighted by atomic mass is 10.2. The summed E-state index contributed by atoms with van der Waals surface area (Å²) in [7, 11) is 0. The number of carbonyl (C=O) groups is 1. The standard InChI is InChI=1S/C19H19BrN4O2/c1-3-24-16-8-7-13(20)10-15(16)18(19(24)26)23-22-17(25)11-21-14-6-4-5-12(2)9-14/h4-10,21,26H,3,11H2,1-2H3. The fraction of sp³-hybridized carbons (Fsp3) is 0.211. The van der Waals surface area contributed by atoms with Crippen molar-refractivity contribution in [2.24, 2.45) is 10.2 Å². The minimum absolute atomic E-state index is 0.00351. The molecular weight excluding hydrogens is 396 g/mol. The maximum Gasteiger partial charge on any atom is 0.283 e. The Bertz CT molecular complexity index is 995. The topological polar surface area (TPSA) is 79.0 Å². The van der Waals surface area contributed by atoms with E-state index in [9.17, 15) is 9.90 Å². The first-order valence-electron chi connectivity index (χ1n) is 8.25. The highest BCUT2D eigenvalue weighted by Crippen LogP contribution is 2.39. The predicted molar refractivity (Wildman–Crippen MR) is 106 cm³/mol. The van der Waals surface area contributed by atoms with Crippen LogP contribution >= 0.6 is 15.9 Å². The molecule has 0 radical (unpaired) electrons. The van der Waals surface area contributed by atoms with Crippen molar-refractivity contribution in [3.63, 3.8) is 0 Å². The summed E-state index contributed by atoms with van der Waals surface area (Å²) < 4.78 is 2.59. The second kappa shape index (κ2) is 7.70. The van der Waals surface area contributed by atoms with E-state index in [-0.39, 0.29) is 12.4 Å². The molecule has 0 spiro atoms. The zero-order valence-corrected chi connectivity index (χ0v) is 16.1. The Labute approximate surface area is 159 Å². The van der Waals surface area contributed by atoms with Crippen molar-refractivity contribution in [3.8, 4) is 5.88 Å². The normalized spacial score (nSPS) is 11.3. The smallest absolute Gasteiger partial charge is 0.283 e. The van der Waals surface area contributed by atoms with Gasteiger partial charge in [-0.3, -0.25) is 4.79 Å². The summed E-state index contributed by atoms with van der Waals surface area (Å²) in [5.41, 5.74) is 3.09. The molecule has 6 nitrogen and oxygen atoms in total. The number of azo groups is 1. The van der Waals surface area contributed by atoms with Gasteiger partial charge in [-0.1, -0.05) is 28.1 Å². The molecule has 0 aliphatic heterocycles. The van der Waals surface area contributed by atoms with E-state index >= 15 is 0 Å². The molecule has 0 aliphatic carbocycles. The van der Waals surface area contributed by atoms with Gasteiger partial charge in [0.05, 0.1) is 12.1 Å². The first-order chi connectivity index (χ1) is 12.5. The van der Waals surface area contributed by atoms with Crippen LogP contribution in [0.3, 0.4) is 0 Å². The average molecular weight is 415 g/mol. The zero-order valence-electron chi connectivity index (χ0n) is 14.5. The van der Waals surface area contributed by atoms with Crippen molar-refractivity contribution in [1.29, 1.82) is 0 Å². The molecule has 3 aromatic rings. The van der Waals surface area contributed by atoms with Gasteiger partial charge < -0.3 is 15.0 Å². The average Bonchev–Trinajstić information content (AvgIpc) is 2.88. The maximum atomic E-state index is 12.0. The summed E-state index contributed by atoms with van der Waals surface area (Å²) in [5.74, 6) is -0.415. The lowest BCUT2D eigenvalue weighted by Crippen LogP contribution is -2.10. The molecule has 3 rings (SSSR count). The van der Waals surface area contributed by atoms with E-state index in [1.54, 1.807) is 4.57 Å². The van der Waals surface area contributed by atoms with E-state index < -0.39 is 5.91 Å². The van der Waals surface area contributed by atoms with Crippen molar-refractivity contribution >= 4 is 44.1 Å². The molecule has 26 heavy (non-hydrogen) atoms. The monoisotopic (exact) mass is 414 g/mol. The first-order valence-corrected chi connectivity index (χ1v) is 9.04. The van der Waals surface area contributed by atoms with Crippen LogP contribution in [0, 0.1) is 6.92 Å². The van der Waals surface area contributed by atoms with Crippen LogP contribution in [-0.2, 0) is 11.3 Å². The highest BCUT2D eigenvalue weighted by Gasteiger charge is 2.16. The number of fused-ring (bicyclic) bond motifs is 1. The van der Waals surface area contributed by atoms with Gasteiger partial charge in [-0.2, -0.15) is 0 Å². The van der Waals surface area contributed by atoms with E-state index in [1.165, 1.54) is 0 Å². The van der Waals surface area contributed by atoms with Gasteiger partial charge in [-0.15, -0.1) is 10.2 Å². The highest BCUT2D eigenvalue weighted by molar-refractivity contribution is 9.10. The SMILES string of the molecule is CCn1c(O)c(N=NC(=O)CNc2cccc(C)c2)c2cc(Br)ccc21. The number of aromatic hydroxyl groups is 1. The van der Waals surface area contributed by atoms with Crippen molar-refractivity contribution in [2.75, 3.05) is 11.9 Å². The van der Waals surface area contributed by atoms with Crippen LogP contribution in [-0.4, -0.2) is 22.1 Å². The zero-order chi connectivity index (χ0) is 18.7. The van der Waals surface area contributed by atoms with Crippen LogP contribution in [0.1, 0.15) is 12.5 Å². The van der Waals surface area contributed by atoms with Gasteiger partial charge in [-0.05, 0) is 49.7 Å². The van der Waals surface area contributed by atoms with E-state index in [1.807, 2.05) is 56.3 Å². The Morgan fingerprint density at radius 3 is 2.81 bits per heavy atom. The molecule has 0 atom stereocenters. The molecular formula is C19H19BrN4O2. The van der Waals surface area contributed by atoms with E-state index in [0.29, 0.717) is 12.2 Å². The lowest BCUT2D eigenvalue weighted by molar-refractivity contribution is -0.116. The van der Waals surface area contributed by atoms with Gasteiger partial charge in [-0.25, -0.2) is 0 Å². The molecule has 1 heterocycles. The minimum Gasteiger partial charge on any atom is -0.493 e. The number of benzene rings is 2. The highest BCUT2D eigenvalue weighted by atomic mass is 79.9. The van der Waals surface area contributed by atoms with Crippen LogP contribution in [0.2, 0.25) is 0 Å². The third-order valence-electron chi connectivity index (χ3n) is 4.01. The molecule has 7 heteroatoms. The number of anilines is 1. The maximum absolute atomic E-state index is 12.0. The number of nitrogens with zero attached hydrogens (tertiary/aromatic N) is 3. The van der Waals surface area contributed by atoms with Crippen molar-refractivity contribution in [2.45, 2.75) is 20.4 Å². The Hall–Kier alpha value is -2.67. The molecule has 0 aliphatic rings. The molecule has 0 unspecified atom stereocenters. The van der Waals surface area contributed by atoms with E-state index in [0.717, 1.165) is 26.6 Å². The van der Waals surface area contributed by atoms with Crippen LogP contribution in [0.4, 0.5) is 11.4 Å². The lowest BCUT2D eigenvalue weighted by Gasteiger charge is -2.03. The van der Waals surface area contributed by atoms with E-state index in [2.05, 4.69) is 31.5 Å². The number of aryl methyl sites for hydroxylation is 2. The summed E-state index contributed by atoms with van der Waals surface area (Å²) in [6, 6.07) is 13.4. The number of halogens is 1. The Balaban J connectivity index is 1.80. The Morgan fingerprint density at radius 2 is 2.08 bits per heavy atom. The number of hydrogen-bond donors (Lipinski definition) is 2. The molecule has 0 bridgehead atoms. The molecule has 1 amide bonds. The van der Waals surface area contributed by atoms with Crippen molar-refractivity contribution in [3.05, 3.63) is 52.5 Å². The van der Waals surface area contributed by atoms with Gasteiger partial charge >= 0.3 is 0 Å². The molecule has 134 valence electrons. The summed E-state index contributed by atoms with van der Waals surface area (Å²) in [5, 5.41) is 22.0. The fourth-order valence-corrected chi connectivity index (χ4v) is 3.15. The number of aromatic nitrogens is 1. The Kier molecular flexibility index (Phi) is 5.37. The second-order valence-corrected chi connectivity index (χ2v) is 6.81. The second-order valence-electron chi connectivity index (χ2n) is 5.89. The van der Waals surface area contributed by atoms with Gasteiger partial charge in [0.1, 0.15) is 0 Å². The number of carbonyl (C=O) groups excluding carboxylic acids is 1. The Morgan fingerprint density at radius 1 is 1.27 bits per heavy atom. The molecule has 0 saturated heterocycles. The molecule has 2 aromatic carbocycles. The molecule has 0 saturated carbocycles. The van der Waals surface area contributed by atoms with E-state index in [4.69, 9.17) is 0 Å². The molecule has 2 N–H and O–H groups in total. The summed E-state index contributed by atoms with van der Waals surface area (Å²) in [4.78, 5) is 12.0. The minimum atomic E-state index is -0.418. The summed E-state index contributed by atoms with van der Waals surface area (Å²) >= 11 is 3.42. The fourth-order valence-electron chi connectivity index (χ4n) is 2.79. The van der Waals surface area contributed by atoms with Gasteiger partial charge in [0.15, 0.2) is 5.69 Å². The third-order valence-corrected chi connectivity index (χ3v) is 4.50. The van der Waals surface area contributed by atoms with Crippen molar-refractivity contribution in [1.82, 2.24) is 4.57 Å². The summed E-state index contributed by atoms with van der Waals surface area (Å²) in [6.45, 7) is 4.53. The summed E-state index contributed by atoms with van der Waals surface area (Å²) in [6.07, 6.45) is 0. The largest absolute Gasteiger partial charge is 0.493 e. The van der Waals surface area contributed by atoms with Crippen LogP contribution in [0.15, 0.2) is 57.2 Å². The predicted octanol–water partition coefficient (Wildman–Crippen LogP) is 5.16. The van der Waals surface area contributed by atoms with Crippen LogP contribution in [0.25, 0.3) is 10.9 Å². The van der Waals surface area contributed by atoms with Crippen LogP contribution in [0.5, 0.6) is 5.88 Å². The van der Waals surface area contributed by atoms with Crippen molar-refractivity contribution < 1.29 is 9.90 Å². The molecule has 0 fully saturated rings. The van der Waals surface area contributed by atoms with Crippen LogP contribution < -0.4 is 5.32 Å². The number of hydrogen-bond acceptors (Lipinski definition) is 4. The molecule has 1 aromatic heterocycles. The number of rotatable bonds is 5.